The zero-order chi connectivity index (χ0) is 29.7. The van der Waals surface area contributed by atoms with Gasteiger partial charge in [-0.05, 0) is 57.0 Å². The van der Waals surface area contributed by atoms with Crippen molar-refractivity contribution in [1.29, 1.82) is 0 Å². The third kappa shape index (κ3) is 3.09. The fourth-order valence-electron chi connectivity index (χ4n) is 8.10. The highest BCUT2D eigenvalue weighted by atomic mass is 32.2. The Balaban J connectivity index is 1.43. The van der Waals surface area contributed by atoms with Gasteiger partial charge in [-0.25, -0.2) is 4.85 Å². The van der Waals surface area contributed by atoms with E-state index in [2.05, 4.69) is 143 Å². The molecule has 0 saturated heterocycles. The Morgan fingerprint density at radius 3 is 1.89 bits per heavy atom. The number of fused-ring (bicyclic) bond motifs is 15. The van der Waals surface area contributed by atoms with Crippen molar-refractivity contribution >= 4 is 50.0 Å². The first kappa shape index (κ1) is 24.8. The smallest absolute Gasteiger partial charge is 0.187 e. The van der Waals surface area contributed by atoms with Gasteiger partial charge in [0.25, 0.3) is 0 Å². The molecule has 1 aliphatic heterocycles. The highest BCUT2D eigenvalue weighted by molar-refractivity contribution is 7.99. The number of hydrogen-bond donors (Lipinski definition) is 0. The van der Waals surface area contributed by atoms with E-state index in [4.69, 9.17) is 6.57 Å². The highest BCUT2D eigenvalue weighted by Gasteiger charge is 2.50. The third-order valence-electron chi connectivity index (χ3n) is 9.87. The molecule has 10 rings (SSSR count). The lowest BCUT2D eigenvalue weighted by Crippen LogP contribution is -2.32. The molecule has 0 N–H and O–H groups in total. The Bertz CT molecular complexity index is 2540. The standard InChI is InChI=1S/C42H24N2S/c1-43-27-19-21-28(22-20-27)44-39-29-11-3-2-10-26(29)18-23-32(39)33-24-25-37-41(40(33)44)45-38-17-9-8-16-36(38)42(37)34-14-6-4-12-30(34)31-13-5-7-15-35(31)42/h2-25H. The molecule has 0 atom stereocenters. The maximum Gasteiger partial charge on any atom is 0.187 e. The predicted molar refractivity (Wildman–Crippen MR) is 186 cm³/mol. The minimum atomic E-state index is -0.435. The van der Waals surface area contributed by atoms with E-state index >= 15 is 0 Å². The molecular weight excluding hydrogens is 565 g/mol. The molecule has 8 aromatic rings. The number of aromatic nitrogens is 1. The zero-order valence-electron chi connectivity index (χ0n) is 24.2. The second-order valence-corrected chi connectivity index (χ2v) is 13.0. The molecule has 1 aliphatic carbocycles. The quantitative estimate of drug-likeness (QED) is 0.173. The van der Waals surface area contributed by atoms with Gasteiger partial charge in [-0.15, -0.1) is 0 Å². The lowest BCUT2D eigenvalue weighted by Gasteiger charge is -2.40. The van der Waals surface area contributed by atoms with Crippen LogP contribution in [0.2, 0.25) is 0 Å². The van der Waals surface area contributed by atoms with Crippen LogP contribution < -0.4 is 0 Å². The Hall–Kier alpha value is -5.56. The second kappa shape index (κ2) is 8.99. The van der Waals surface area contributed by atoms with Gasteiger partial charge in [-0.2, -0.15) is 0 Å². The first-order chi connectivity index (χ1) is 22.3. The molecule has 208 valence electrons. The summed E-state index contributed by atoms with van der Waals surface area (Å²) in [6, 6.07) is 53.0. The molecule has 3 heteroatoms. The van der Waals surface area contributed by atoms with Crippen LogP contribution in [-0.4, -0.2) is 4.57 Å². The monoisotopic (exact) mass is 588 g/mol. The van der Waals surface area contributed by atoms with Crippen molar-refractivity contribution in [2.75, 3.05) is 0 Å². The van der Waals surface area contributed by atoms with E-state index in [9.17, 15) is 0 Å². The van der Waals surface area contributed by atoms with E-state index in [0.717, 1.165) is 5.69 Å². The molecule has 2 heterocycles. The third-order valence-corrected chi connectivity index (χ3v) is 11.1. The van der Waals surface area contributed by atoms with Gasteiger partial charge in [0.05, 0.1) is 23.0 Å². The molecule has 0 radical (unpaired) electrons. The van der Waals surface area contributed by atoms with Gasteiger partial charge in [0.15, 0.2) is 5.69 Å². The van der Waals surface area contributed by atoms with Crippen LogP contribution in [0.25, 0.3) is 54.2 Å². The van der Waals surface area contributed by atoms with Crippen LogP contribution in [0.5, 0.6) is 0 Å². The number of hydrogen-bond acceptors (Lipinski definition) is 1. The average Bonchev–Trinajstić information content (AvgIpc) is 3.60. The molecule has 1 aromatic heterocycles. The summed E-state index contributed by atoms with van der Waals surface area (Å²) in [4.78, 5) is 6.26. The Kier molecular flexibility index (Phi) is 4.96. The summed E-state index contributed by atoms with van der Waals surface area (Å²) < 4.78 is 2.46. The van der Waals surface area contributed by atoms with Crippen LogP contribution >= 0.6 is 11.8 Å². The first-order valence-corrected chi connectivity index (χ1v) is 16.0. The van der Waals surface area contributed by atoms with Crippen LogP contribution in [0.4, 0.5) is 5.69 Å². The topological polar surface area (TPSA) is 9.29 Å². The Labute approximate surface area is 265 Å². The van der Waals surface area contributed by atoms with E-state index < -0.39 is 5.41 Å². The Morgan fingerprint density at radius 1 is 0.511 bits per heavy atom. The summed E-state index contributed by atoms with van der Waals surface area (Å²) in [7, 11) is 0. The summed E-state index contributed by atoms with van der Waals surface area (Å²) in [5.74, 6) is 0. The van der Waals surface area contributed by atoms with Crippen molar-refractivity contribution in [3.63, 3.8) is 0 Å². The molecule has 0 fully saturated rings. The second-order valence-electron chi connectivity index (χ2n) is 11.9. The molecule has 1 spiro atoms. The molecule has 2 aliphatic rings. The summed E-state index contributed by atoms with van der Waals surface area (Å²) in [6.07, 6.45) is 0. The molecule has 0 unspecified atom stereocenters. The van der Waals surface area contributed by atoms with Gasteiger partial charge < -0.3 is 4.57 Å². The predicted octanol–water partition coefficient (Wildman–Crippen LogP) is 11.3. The SMILES string of the molecule is [C-]#[N+]c1ccc(-n2c3c4c(ccc3c3ccc5ccccc5c32)C2(c3ccccc3S4)c3ccccc3-c3ccccc32)cc1. The summed E-state index contributed by atoms with van der Waals surface area (Å²) in [5, 5.41) is 4.92. The highest BCUT2D eigenvalue weighted by Crippen LogP contribution is 2.63. The van der Waals surface area contributed by atoms with Crippen LogP contribution in [-0.2, 0) is 5.41 Å². The zero-order valence-corrected chi connectivity index (χ0v) is 25.0. The van der Waals surface area contributed by atoms with Gasteiger partial charge in [-0.1, -0.05) is 139 Å². The van der Waals surface area contributed by atoms with Crippen molar-refractivity contribution in [2.24, 2.45) is 0 Å². The van der Waals surface area contributed by atoms with Crippen molar-refractivity contribution in [3.8, 4) is 16.8 Å². The maximum absolute atomic E-state index is 7.58. The lowest BCUT2D eigenvalue weighted by atomic mass is 9.67. The van der Waals surface area contributed by atoms with Crippen LogP contribution in [0, 0.1) is 6.57 Å². The molecule has 45 heavy (non-hydrogen) atoms. The summed E-state index contributed by atoms with van der Waals surface area (Å²) in [5.41, 5.74) is 11.7. The number of rotatable bonds is 1. The van der Waals surface area contributed by atoms with Gasteiger partial charge in [-0.3, -0.25) is 0 Å². The molecule has 2 nitrogen and oxygen atoms in total. The van der Waals surface area contributed by atoms with Gasteiger partial charge in [0.1, 0.15) is 0 Å². The Morgan fingerprint density at radius 2 is 1.13 bits per heavy atom. The van der Waals surface area contributed by atoms with E-state index in [0.29, 0.717) is 5.69 Å². The molecule has 0 bridgehead atoms. The number of nitrogens with zero attached hydrogens (tertiary/aromatic N) is 2. The molecular formula is C42H24N2S. The van der Waals surface area contributed by atoms with E-state index in [1.807, 2.05) is 23.9 Å². The average molecular weight is 589 g/mol. The van der Waals surface area contributed by atoms with Crippen molar-refractivity contribution < 1.29 is 0 Å². The summed E-state index contributed by atoms with van der Waals surface area (Å²) in [6.45, 7) is 7.58. The van der Waals surface area contributed by atoms with Crippen LogP contribution in [0.15, 0.2) is 155 Å². The van der Waals surface area contributed by atoms with Crippen molar-refractivity contribution in [2.45, 2.75) is 15.2 Å². The van der Waals surface area contributed by atoms with Gasteiger partial charge >= 0.3 is 0 Å². The van der Waals surface area contributed by atoms with Crippen LogP contribution in [0.3, 0.4) is 0 Å². The lowest BCUT2D eigenvalue weighted by molar-refractivity contribution is 0.724. The van der Waals surface area contributed by atoms with Crippen LogP contribution in [0.1, 0.15) is 22.3 Å². The fraction of sp³-hybridized carbons (Fsp3) is 0.0238. The normalized spacial score (nSPS) is 13.8. The fourth-order valence-corrected chi connectivity index (χ4v) is 9.43. The maximum atomic E-state index is 7.58. The van der Waals surface area contributed by atoms with E-state index in [1.165, 1.54) is 75.7 Å². The molecule has 0 saturated carbocycles. The van der Waals surface area contributed by atoms with Gasteiger partial charge in [0, 0.05) is 31.6 Å². The molecule has 0 amide bonds. The first-order valence-electron chi connectivity index (χ1n) is 15.2. The largest absolute Gasteiger partial charge is 0.308 e. The van der Waals surface area contributed by atoms with Gasteiger partial charge in [0.2, 0.25) is 0 Å². The number of benzene rings is 7. The van der Waals surface area contributed by atoms with Crippen molar-refractivity contribution in [3.05, 3.63) is 179 Å². The van der Waals surface area contributed by atoms with E-state index in [1.54, 1.807) is 0 Å². The van der Waals surface area contributed by atoms with Crippen molar-refractivity contribution in [1.82, 2.24) is 4.57 Å². The minimum Gasteiger partial charge on any atom is -0.308 e. The van der Waals surface area contributed by atoms with E-state index in [-0.39, 0.29) is 0 Å². The summed E-state index contributed by atoms with van der Waals surface area (Å²) >= 11 is 1.89. The minimum absolute atomic E-state index is 0.435. The molecule has 7 aromatic carbocycles.